The fourth-order valence-corrected chi connectivity index (χ4v) is 2.67. The molecule has 0 unspecified atom stereocenters. The number of nitrogens with zero attached hydrogens (tertiary/aromatic N) is 2. The highest BCUT2D eigenvalue weighted by molar-refractivity contribution is 5.96. The van der Waals surface area contributed by atoms with Crippen LogP contribution in [0.25, 0.3) is 5.69 Å². The Morgan fingerprint density at radius 1 is 1.10 bits per heavy atom. The molecule has 4 N–H and O–H groups in total. The van der Waals surface area contributed by atoms with Crippen LogP contribution in [0.15, 0.2) is 71.9 Å². The molecule has 1 aromatic carbocycles. The summed E-state index contributed by atoms with van der Waals surface area (Å²) in [5.41, 5.74) is 8.06. The van der Waals surface area contributed by atoms with Gasteiger partial charge in [0.1, 0.15) is 0 Å². The first kappa shape index (κ1) is 21.7. The molecule has 0 fully saturated rings. The summed E-state index contributed by atoms with van der Waals surface area (Å²) in [4.78, 5) is 28.1. The molecule has 0 saturated carbocycles. The van der Waals surface area contributed by atoms with Crippen LogP contribution in [0, 0.1) is 5.41 Å². The Kier molecular flexibility index (Phi) is 8.00. The zero-order valence-electron chi connectivity index (χ0n) is 16.6. The molecule has 3 aromatic rings. The molecule has 0 aliphatic rings. The number of amides is 1. The van der Waals surface area contributed by atoms with Crippen molar-refractivity contribution < 1.29 is 4.79 Å². The van der Waals surface area contributed by atoms with Crippen LogP contribution in [0.3, 0.4) is 0 Å². The Bertz CT molecular complexity index is 1030. The van der Waals surface area contributed by atoms with Crippen molar-refractivity contribution in [2.24, 2.45) is 5.73 Å². The maximum atomic E-state index is 12.1. The van der Waals surface area contributed by atoms with Gasteiger partial charge in [0, 0.05) is 36.1 Å². The molecule has 0 bridgehead atoms. The van der Waals surface area contributed by atoms with E-state index >= 15 is 0 Å². The highest BCUT2D eigenvalue weighted by Gasteiger charge is 2.07. The lowest BCUT2D eigenvalue weighted by atomic mass is 10.0. The maximum absolute atomic E-state index is 12.1. The van der Waals surface area contributed by atoms with Crippen molar-refractivity contribution in [2.45, 2.75) is 13.3 Å². The molecule has 0 aliphatic heterocycles. The summed E-state index contributed by atoms with van der Waals surface area (Å²) in [5, 5.41) is 10.1. The van der Waals surface area contributed by atoms with E-state index in [-0.39, 0.29) is 18.0 Å². The average Bonchev–Trinajstić information content (AvgIpc) is 2.75. The number of hydrogen-bond donors (Lipinski definition) is 3. The van der Waals surface area contributed by atoms with E-state index in [0.717, 1.165) is 16.8 Å². The largest absolute Gasteiger partial charge is 0.347 e. The molecule has 0 spiro atoms. The molecule has 0 radical (unpaired) electrons. The van der Waals surface area contributed by atoms with Crippen molar-refractivity contribution in [3.8, 4) is 5.69 Å². The Balaban J connectivity index is 0.00000145. The van der Waals surface area contributed by atoms with Crippen molar-refractivity contribution in [1.82, 2.24) is 14.9 Å². The van der Waals surface area contributed by atoms with Crippen LogP contribution in [-0.2, 0) is 6.42 Å². The van der Waals surface area contributed by atoms with E-state index in [2.05, 4.69) is 16.0 Å². The van der Waals surface area contributed by atoms with Gasteiger partial charge >= 0.3 is 0 Å². The SMILES string of the molecule is CC(=N)CNC(=O)c1cncc(Cc2ccc(-n3ccccc3=O)cc2)c1.CN. The van der Waals surface area contributed by atoms with Gasteiger partial charge in [-0.15, -0.1) is 0 Å². The second-order valence-corrected chi connectivity index (χ2v) is 6.30. The fourth-order valence-electron chi connectivity index (χ4n) is 2.67. The molecule has 2 heterocycles. The van der Waals surface area contributed by atoms with Gasteiger partial charge in [0.15, 0.2) is 0 Å². The van der Waals surface area contributed by atoms with Crippen LogP contribution in [0.4, 0.5) is 0 Å². The number of pyridine rings is 2. The first-order valence-corrected chi connectivity index (χ1v) is 9.14. The molecule has 1 amide bonds. The predicted octanol–water partition coefficient (Wildman–Crippen LogP) is 2.17. The summed E-state index contributed by atoms with van der Waals surface area (Å²) in [6.07, 6.45) is 5.61. The molecule has 29 heavy (non-hydrogen) atoms. The summed E-state index contributed by atoms with van der Waals surface area (Å²) in [5.74, 6) is -0.241. The summed E-state index contributed by atoms with van der Waals surface area (Å²) in [6, 6.07) is 14.6. The predicted molar refractivity (Wildman–Crippen MR) is 115 cm³/mol. The third-order valence-electron chi connectivity index (χ3n) is 4.02. The van der Waals surface area contributed by atoms with Crippen LogP contribution < -0.4 is 16.6 Å². The molecule has 2 aromatic heterocycles. The fraction of sp³-hybridized carbons (Fsp3) is 0.182. The lowest BCUT2D eigenvalue weighted by molar-refractivity contribution is 0.0958. The zero-order chi connectivity index (χ0) is 21.2. The Morgan fingerprint density at radius 3 is 2.48 bits per heavy atom. The molecule has 0 atom stereocenters. The third kappa shape index (κ3) is 6.22. The molecular formula is C22H25N5O2. The minimum absolute atomic E-state index is 0.0756. The van der Waals surface area contributed by atoms with Gasteiger partial charge in [0.25, 0.3) is 11.5 Å². The summed E-state index contributed by atoms with van der Waals surface area (Å²) in [7, 11) is 1.50. The number of carbonyl (C=O) groups is 1. The Hall–Kier alpha value is -3.58. The van der Waals surface area contributed by atoms with Crippen LogP contribution >= 0.6 is 0 Å². The van der Waals surface area contributed by atoms with Gasteiger partial charge in [-0.05, 0) is 55.8 Å². The van der Waals surface area contributed by atoms with Crippen molar-refractivity contribution in [3.63, 3.8) is 0 Å². The molecular weight excluding hydrogens is 366 g/mol. The van der Waals surface area contributed by atoms with E-state index in [9.17, 15) is 9.59 Å². The average molecular weight is 391 g/mol. The third-order valence-corrected chi connectivity index (χ3v) is 4.02. The summed E-state index contributed by atoms with van der Waals surface area (Å²) in [6.45, 7) is 1.87. The minimum atomic E-state index is -0.241. The molecule has 0 saturated heterocycles. The number of aromatic nitrogens is 2. The quantitative estimate of drug-likeness (QED) is 0.559. The Morgan fingerprint density at radius 2 is 1.83 bits per heavy atom. The standard InChI is InChI=1S/C21H20N4O2.CH5N/c1-15(22)12-24-21(27)18-11-17(13-23-14-18)10-16-5-7-19(8-6-16)25-9-3-2-4-20(25)26;1-2/h2-9,11,13-14,22H,10,12H2,1H3,(H,24,27);2H2,1H3. The number of carbonyl (C=O) groups excluding carboxylic acids is 1. The van der Waals surface area contributed by atoms with Crippen molar-refractivity contribution >= 4 is 11.6 Å². The normalized spacial score (nSPS) is 9.90. The lowest BCUT2D eigenvalue weighted by Crippen LogP contribution is -2.28. The van der Waals surface area contributed by atoms with Gasteiger partial charge < -0.3 is 16.5 Å². The van der Waals surface area contributed by atoms with Crippen LogP contribution in [0.1, 0.15) is 28.4 Å². The number of rotatable bonds is 6. The zero-order valence-corrected chi connectivity index (χ0v) is 16.6. The number of nitrogens with one attached hydrogen (secondary N) is 2. The van der Waals surface area contributed by atoms with Gasteiger partial charge in [-0.25, -0.2) is 0 Å². The number of hydrogen-bond acceptors (Lipinski definition) is 5. The van der Waals surface area contributed by atoms with Crippen molar-refractivity contribution in [1.29, 1.82) is 5.41 Å². The van der Waals surface area contributed by atoms with E-state index in [0.29, 0.717) is 17.7 Å². The highest BCUT2D eigenvalue weighted by atomic mass is 16.1. The summed E-state index contributed by atoms with van der Waals surface area (Å²) >= 11 is 0. The van der Waals surface area contributed by atoms with Crippen LogP contribution in [-0.4, -0.2) is 34.8 Å². The minimum Gasteiger partial charge on any atom is -0.347 e. The van der Waals surface area contributed by atoms with Gasteiger partial charge in [-0.1, -0.05) is 18.2 Å². The molecule has 7 heteroatoms. The topological polar surface area (TPSA) is 114 Å². The number of nitrogens with two attached hydrogens (primary N) is 1. The Labute approximate surface area is 169 Å². The van der Waals surface area contributed by atoms with Gasteiger partial charge in [0.2, 0.25) is 0 Å². The van der Waals surface area contributed by atoms with E-state index < -0.39 is 0 Å². The molecule has 150 valence electrons. The van der Waals surface area contributed by atoms with Gasteiger partial charge in [-0.2, -0.15) is 0 Å². The first-order chi connectivity index (χ1) is 14.0. The number of benzene rings is 1. The van der Waals surface area contributed by atoms with Crippen LogP contribution in [0.5, 0.6) is 0 Å². The highest BCUT2D eigenvalue weighted by Crippen LogP contribution is 2.13. The molecule has 3 rings (SSSR count). The second-order valence-electron chi connectivity index (χ2n) is 6.30. The molecule has 7 nitrogen and oxygen atoms in total. The van der Waals surface area contributed by atoms with Crippen molar-refractivity contribution in [3.05, 3.63) is 94.2 Å². The van der Waals surface area contributed by atoms with E-state index in [1.807, 2.05) is 30.3 Å². The van der Waals surface area contributed by atoms with E-state index in [1.54, 1.807) is 36.0 Å². The lowest BCUT2D eigenvalue weighted by Gasteiger charge is -2.08. The maximum Gasteiger partial charge on any atom is 0.255 e. The summed E-state index contributed by atoms with van der Waals surface area (Å²) < 4.78 is 1.58. The van der Waals surface area contributed by atoms with Crippen LogP contribution in [0.2, 0.25) is 0 Å². The van der Waals surface area contributed by atoms with Crippen molar-refractivity contribution in [2.75, 3.05) is 13.6 Å². The first-order valence-electron chi connectivity index (χ1n) is 9.14. The smallest absolute Gasteiger partial charge is 0.255 e. The second kappa shape index (κ2) is 10.7. The molecule has 0 aliphatic carbocycles. The monoisotopic (exact) mass is 391 g/mol. The van der Waals surface area contributed by atoms with E-state index in [1.165, 1.54) is 19.3 Å². The van der Waals surface area contributed by atoms with Gasteiger partial charge in [-0.3, -0.25) is 19.1 Å². The van der Waals surface area contributed by atoms with E-state index in [4.69, 9.17) is 5.41 Å². The van der Waals surface area contributed by atoms with Gasteiger partial charge in [0.05, 0.1) is 12.1 Å².